The van der Waals surface area contributed by atoms with Crippen LogP contribution in [-0.4, -0.2) is 20.8 Å². The van der Waals surface area contributed by atoms with Crippen LogP contribution in [0.3, 0.4) is 0 Å². The smallest absolute Gasteiger partial charge is 0.251 e. The molecule has 0 aromatic heterocycles. The van der Waals surface area contributed by atoms with Gasteiger partial charge in [-0.25, -0.2) is 0 Å². The second-order valence-corrected chi connectivity index (χ2v) is 3.83. The SMILES string of the molecule is O=S(=O)(F)CCCCCCF. The molecule has 0 heterocycles. The zero-order valence-electron chi connectivity index (χ0n) is 6.22. The first-order valence-electron chi connectivity index (χ1n) is 3.54. The lowest BCUT2D eigenvalue weighted by Gasteiger charge is -1.94. The highest BCUT2D eigenvalue weighted by Crippen LogP contribution is 2.03. The van der Waals surface area contributed by atoms with Crippen molar-refractivity contribution in [1.29, 1.82) is 0 Å². The van der Waals surface area contributed by atoms with Gasteiger partial charge in [-0.15, -0.1) is 3.89 Å². The molecule has 5 heteroatoms. The van der Waals surface area contributed by atoms with Crippen LogP contribution in [0.5, 0.6) is 0 Å². The average molecular weight is 186 g/mol. The number of hydrogen-bond acceptors (Lipinski definition) is 2. The van der Waals surface area contributed by atoms with E-state index >= 15 is 0 Å². The van der Waals surface area contributed by atoms with Gasteiger partial charge in [0, 0.05) is 0 Å². The molecule has 0 radical (unpaired) electrons. The fraction of sp³-hybridized carbons (Fsp3) is 1.00. The van der Waals surface area contributed by atoms with E-state index in [-0.39, 0.29) is 6.67 Å². The molecule has 0 unspecified atom stereocenters. The summed E-state index contributed by atoms with van der Waals surface area (Å²) in [6, 6.07) is 0. The summed E-state index contributed by atoms with van der Waals surface area (Å²) in [4.78, 5) is 0. The van der Waals surface area contributed by atoms with Gasteiger partial charge >= 0.3 is 10.2 Å². The highest BCUT2D eigenvalue weighted by molar-refractivity contribution is 7.86. The van der Waals surface area contributed by atoms with E-state index in [2.05, 4.69) is 0 Å². The van der Waals surface area contributed by atoms with Crippen molar-refractivity contribution in [1.82, 2.24) is 0 Å². The summed E-state index contributed by atoms with van der Waals surface area (Å²) in [5, 5.41) is 0. The zero-order chi connectivity index (χ0) is 8.74. The minimum Gasteiger partial charge on any atom is -0.251 e. The van der Waals surface area contributed by atoms with Gasteiger partial charge in [0.2, 0.25) is 0 Å². The molecule has 68 valence electrons. The molecule has 0 saturated carbocycles. The van der Waals surface area contributed by atoms with Crippen LogP contribution in [0.1, 0.15) is 25.7 Å². The van der Waals surface area contributed by atoms with Crippen molar-refractivity contribution in [2.24, 2.45) is 0 Å². The Labute approximate surface area is 65.8 Å². The van der Waals surface area contributed by atoms with Crippen molar-refractivity contribution in [3.8, 4) is 0 Å². The highest BCUT2D eigenvalue weighted by atomic mass is 32.3. The van der Waals surface area contributed by atoms with Crippen LogP contribution in [-0.2, 0) is 10.2 Å². The zero-order valence-corrected chi connectivity index (χ0v) is 7.04. The molecule has 0 spiro atoms. The predicted octanol–water partition coefficient (Wildman–Crippen LogP) is 1.82. The molecule has 0 aromatic rings. The minimum absolute atomic E-state index is 0.291. The van der Waals surface area contributed by atoms with Crippen LogP contribution in [0.25, 0.3) is 0 Å². The van der Waals surface area contributed by atoms with Crippen molar-refractivity contribution in [2.75, 3.05) is 12.4 Å². The molecule has 0 saturated heterocycles. The fourth-order valence-electron chi connectivity index (χ4n) is 0.723. The molecule has 0 aliphatic carbocycles. The maximum absolute atomic E-state index is 11.8. The molecule has 0 atom stereocenters. The summed E-state index contributed by atoms with van der Waals surface area (Å²) in [7, 11) is -4.31. The molecular formula is C6H12F2O2S. The quantitative estimate of drug-likeness (QED) is 0.468. The van der Waals surface area contributed by atoms with E-state index in [1.807, 2.05) is 0 Å². The first-order chi connectivity index (χ1) is 5.06. The van der Waals surface area contributed by atoms with Crippen molar-refractivity contribution in [3.63, 3.8) is 0 Å². The second kappa shape index (κ2) is 5.46. The van der Waals surface area contributed by atoms with Crippen molar-refractivity contribution < 1.29 is 16.7 Å². The minimum atomic E-state index is -4.31. The Morgan fingerprint density at radius 1 is 1.00 bits per heavy atom. The lowest BCUT2D eigenvalue weighted by molar-refractivity contribution is 0.454. The van der Waals surface area contributed by atoms with Crippen LogP contribution in [0.2, 0.25) is 0 Å². The third-order valence-corrected chi connectivity index (χ3v) is 2.05. The van der Waals surface area contributed by atoms with Crippen molar-refractivity contribution in [3.05, 3.63) is 0 Å². The number of hydrogen-bond donors (Lipinski definition) is 0. The molecular weight excluding hydrogens is 174 g/mol. The molecule has 0 aromatic carbocycles. The van der Waals surface area contributed by atoms with E-state index < -0.39 is 16.0 Å². The van der Waals surface area contributed by atoms with E-state index in [1.165, 1.54) is 0 Å². The Kier molecular flexibility index (Phi) is 5.36. The summed E-state index contributed by atoms with van der Waals surface area (Å²) < 4.78 is 43.1. The van der Waals surface area contributed by atoms with Gasteiger partial charge in [0.25, 0.3) is 0 Å². The van der Waals surface area contributed by atoms with Gasteiger partial charge in [0.05, 0.1) is 12.4 Å². The van der Waals surface area contributed by atoms with Crippen molar-refractivity contribution >= 4 is 10.2 Å². The first kappa shape index (κ1) is 10.8. The largest absolute Gasteiger partial charge is 0.302 e. The lowest BCUT2D eigenvalue weighted by Crippen LogP contribution is -1.97. The van der Waals surface area contributed by atoms with Crippen LogP contribution >= 0.6 is 0 Å². The predicted molar refractivity (Wildman–Crippen MR) is 39.3 cm³/mol. The van der Waals surface area contributed by atoms with E-state index in [0.29, 0.717) is 25.7 Å². The van der Waals surface area contributed by atoms with E-state index in [4.69, 9.17) is 0 Å². The van der Waals surface area contributed by atoms with E-state index in [9.17, 15) is 16.7 Å². The Hall–Kier alpha value is -0.190. The number of alkyl halides is 1. The summed E-state index contributed by atoms with van der Waals surface area (Å²) in [5.41, 5.74) is 0. The standard InChI is InChI=1S/C6H12F2O2S/c7-5-3-1-2-4-6-11(8,9)10/h1-6H2. The highest BCUT2D eigenvalue weighted by Gasteiger charge is 2.04. The van der Waals surface area contributed by atoms with Gasteiger partial charge in [-0.2, -0.15) is 8.42 Å². The molecule has 0 bridgehead atoms. The normalized spacial score (nSPS) is 11.8. The Morgan fingerprint density at radius 2 is 1.55 bits per heavy atom. The summed E-state index contributed by atoms with van der Waals surface area (Å²) in [6.07, 6.45) is 1.93. The Balaban J connectivity index is 3.16. The van der Waals surface area contributed by atoms with Gasteiger partial charge in [0.15, 0.2) is 0 Å². The molecule has 0 aliphatic heterocycles. The fourth-order valence-corrected chi connectivity index (χ4v) is 1.27. The van der Waals surface area contributed by atoms with Crippen LogP contribution < -0.4 is 0 Å². The molecule has 0 rings (SSSR count). The number of halogens is 2. The second-order valence-electron chi connectivity index (χ2n) is 2.35. The Morgan fingerprint density at radius 3 is 2.00 bits per heavy atom. The van der Waals surface area contributed by atoms with Crippen molar-refractivity contribution in [2.45, 2.75) is 25.7 Å². The molecule has 2 nitrogen and oxygen atoms in total. The Bertz CT molecular complexity index is 177. The molecule has 0 N–H and O–H groups in total. The van der Waals surface area contributed by atoms with Crippen LogP contribution in [0.4, 0.5) is 8.28 Å². The maximum atomic E-state index is 11.8. The third kappa shape index (κ3) is 9.81. The average Bonchev–Trinajstić information content (AvgIpc) is 1.85. The molecule has 0 amide bonds. The molecule has 11 heavy (non-hydrogen) atoms. The summed E-state index contributed by atoms with van der Waals surface area (Å²) in [5.74, 6) is -0.431. The van der Waals surface area contributed by atoms with E-state index in [1.54, 1.807) is 0 Å². The van der Waals surface area contributed by atoms with Gasteiger partial charge < -0.3 is 0 Å². The van der Waals surface area contributed by atoms with Crippen LogP contribution in [0, 0.1) is 0 Å². The molecule has 0 aliphatic rings. The van der Waals surface area contributed by atoms with Gasteiger partial charge in [-0.05, 0) is 12.8 Å². The van der Waals surface area contributed by atoms with Crippen LogP contribution in [0.15, 0.2) is 0 Å². The topological polar surface area (TPSA) is 34.1 Å². The monoisotopic (exact) mass is 186 g/mol. The lowest BCUT2D eigenvalue weighted by atomic mass is 10.2. The van der Waals surface area contributed by atoms with Gasteiger partial charge in [-0.1, -0.05) is 12.8 Å². The maximum Gasteiger partial charge on any atom is 0.302 e. The number of unbranched alkanes of at least 4 members (excludes halogenated alkanes) is 3. The van der Waals surface area contributed by atoms with Gasteiger partial charge in [-0.3, -0.25) is 4.39 Å². The first-order valence-corrected chi connectivity index (χ1v) is 5.10. The molecule has 0 fully saturated rings. The number of rotatable bonds is 6. The summed E-state index contributed by atoms with van der Waals surface area (Å²) in [6.45, 7) is -0.387. The van der Waals surface area contributed by atoms with E-state index in [0.717, 1.165) is 0 Å². The summed E-state index contributed by atoms with van der Waals surface area (Å²) >= 11 is 0. The van der Waals surface area contributed by atoms with Gasteiger partial charge in [0.1, 0.15) is 0 Å². The third-order valence-electron chi connectivity index (χ3n) is 1.27.